The van der Waals surface area contributed by atoms with Gasteiger partial charge < -0.3 is 14.6 Å². The molecular formula is C23H20N2O3S. The SMILES string of the molecule is COc1cc(C=Nc2ccc(-c3nc4ccc(C)cc4s3)cc2)cc(OC)c1O. The molecule has 3 aromatic carbocycles. The van der Waals surface area contributed by atoms with E-state index in [4.69, 9.17) is 14.5 Å². The summed E-state index contributed by atoms with van der Waals surface area (Å²) in [6.45, 7) is 2.09. The van der Waals surface area contributed by atoms with Crippen LogP contribution in [0.3, 0.4) is 0 Å². The molecular weight excluding hydrogens is 384 g/mol. The summed E-state index contributed by atoms with van der Waals surface area (Å²) in [5.74, 6) is 0.655. The van der Waals surface area contributed by atoms with Crippen LogP contribution < -0.4 is 9.47 Å². The van der Waals surface area contributed by atoms with Gasteiger partial charge in [-0.1, -0.05) is 6.07 Å². The maximum absolute atomic E-state index is 10.0. The van der Waals surface area contributed by atoms with E-state index in [0.717, 1.165) is 27.3 Å². The number of thiazole rings is 1. The minimum absolute atomic E-state index is 0.0254. The molecule has 0 atom stereocenters. The van der Waals surface area contributed by atoms with Gasteiger partial charge in [0.2, 0.25) is 5.75 Å². The van der Waals surface area contributed by atoms with Crippen LogP contribution in [-0.4, -0.2) is 30.5 Å². The van der Waals surface area contributed by atoms with E-state index in [0.29, 0.717) is 11.5 Å². The van der Waals surface area contributed by atoms with Crippen LogP contribution in [0.25, 0.3) is 20.8 Å². The fraction of sp³-hybridized carbons (Fsp3) is 0.130. The van der Waals surface area contributed by atoms with E-state index < -0.39 is 0 Å². The number of methoxy groups -OCH3 is 2. The number of phenols is 1. The number of ether oxygens (including phenoxy) is 2. The fourth-order valence-electron chi connectivity index (χ4n) is 2.98. The summed E-state index contributed by atoms with van der Waals surface area (Å²) in [6, 6.07) is 17.7. The smallest absolute Gasteiger partial charge is 0.200 e. The van der Waals surface area contributed by atoms with Crippen LogP contribution in [0.4, 0.5) is 5.69 Å². The number of phenolic OH excluding ortho intramolecular Hbond substituents is 1. The Balaban J connectivity index is 1.58. The van der Waals surface area contributed by atoms with E-state index >= 15 is 0 Å². The molecule has 0 spiro atoms. The molecule has 0 aliphatic rings. The number of hydrogen-bond donors (Lipinski definition) is 1. The first-order valence-corrected chi connectivity index (χ1v) is 9.85. The molecule has 1 aromatic heterocycles. The zero-order chi connectivity index (χ0) is 20.4. The Labute approximate surface area is 172 Å². The van der Waals surface area contributed by atoms with Gasteiger partial charge >= 0.3 is 0 Å². The maximum Gasteiger partial charge on any atom is 0.200 e. The van der Waals surface area contributed by atoms with Gasteiger partial charge in [0.05, 0.1) is 30.1 Å². The standard InChI is InChI=1S/C23H20N2O3S/c1-14-4-9-18-21(10-14)29-23(25-18)16-5-7-17(8-6-16)24-13-15-11-19(27-2)22(26)20(12-15)28-3/h4-13,26H,1-3H3. The molecule has 0 amide bonds. The minimum Gasteiger partial charge on any atom is -0.502 e. The summed E-state index contributed by atoms with van der Waals surface area (Å²) < 4.78 is 11.6. The molecule has 0 saturated heterocycles. The lowest BCUT2D eigenvalue weighted by molar-refractivity contribution is 0.340. The van der Waals surface area contributed by atoms with Crippen molar-refractivity contribution in [2.24, 2.45) is 4.99 Å². The summed E-state index contributed by atoms with van der Waals surface area (Å²) >= 11 is 1.69. The Hall–Kier alpha value is -3.38. The van der Waals surface area contributed by atoms with Crippen LogP contribution in [0.5, 0.6) is 17.2 Å². The monoisotopic (exact) mass is 404 g/mol. The van der Waals surface area contributed by atoms with Crippen molar-refractivity contribution < 1.29 is 14.6 Å². The van der Waals surface area contributed by atoms with Gasteiger partial charge in [0, 0.05) is 17.3 Å². The number of fused-ring (bicyclic) bond motifs is 1. The topological polar surface area (TPSA) is 63.9 Å². The Kier molecular flexibility index (Phi) is 5.18. The van der Waals surface area contributed by atoms with Gasteiger partial charge in [0.25, 0.3) is 0 Å². The first-order valence-electron chi connectivity index (χ1n) is 9.04. The first kappa shape index (κ1) is 19.0. The van der Waals surface area contributed by atoms with Crippen molar-refractivity contribution in [1.82, 2.24) is 4.98 Å². The summed E-state index contributed by atoms with van der Waals surface area (Å²) in [7, 11) is 3.00. The molecule has 0 bridgehead atoms. The number of benzene rings is 3. The first-order chi connectivity index (χ1) is 14.1. The highest BCUT2D eigenvalue weighted by molar-refractivity contribution is 7.21. The number of aryl methyl sites for hydroxylation is 1. The van der Waals surface area contributed by atoms with E-state index in [9.17, 15) is 5.11 Å². The molecule has 1 heterocycles. The number of aliphatic imine (C=N–C) groups is 1. The third-order valence-corrected chi connectivity index (χ3v) is 5.59. The number of rotatable bonds is 5. The highest BCUT2D eigenvalue weighted by Crippen LogP contribution is 2.37. The average molecular weight is 404 g/mol. The molecule has 0 aliphatic carbocycles. The van der Waals surface area contributed by atoms with Gasteiger partial charge in [-0.2, -0.15) is 0 Å². The Bertz CT molecular complexity index is 1170. The number of nitrogens with zero attached hydrogens (tertiary/aromatic N) is 2. The molecule has 29 heavy (non-hydrogen) atoms. The van der Waals surface area contributed by atoms with Crippen molar-refractivity contribution in [2.75, 3.05) is 14.2 Å². The van der Waals surface area contributed by atoms with Crippen LogP contribution in [0.2, 0.25) is 0 Å². The molecule has 0 radical (unpaired) electrons. The summed E-state index contributed by atoms with van der Waals surface area (Å²) in [6.07, 6.45) is 1.71. The van der Waals surface area contributed by atoms with Gasteiger partial charge in [-0.25, -0.2) is 4.98 Å². The second kappa shape index (κ2) is 7.93. The van der Waals surface area contributed by atoms with Gasteiger partial charge in [-0.3, -0.25) is 4.99 Å². The number of aromatic hydroxyl groups is 1. The van der Waals surface area contributed by atoms with Crippen molar-refractivity contribution in [3.8, 4) is 27.8 Å². The van der Waals surface area contributed by atoms with Gasteiger partial charge in [0.15, 0.2) is 11.5 Å². The Morgan fingerprint density at radius 1 is 0.966 bits per heavy atom. The van der Waals surface area contributed by atoms with Crippen molar-refractivity contribution in [3.63, 3.8) is 0 Å². The summed E-state index contributed by atoms with van der Waals surface area (Å²) in [5, 5.41) is 11.0. The molecule has 4 aromatic rings. The van der Waals surface area contributed by atoms with Gasteiger partial charge in [-0.15, -0.1) is 11.3 Å². The predicted molar refractivity (Wildman–Crippen MR) is 118 cm³/mol. The summed E-state index contributed by atoms with van der Waals surface area (Å²) in [4.78, 5) is 9.23. The molecule has 0 saturated carbocycles. The van der Waals surface area contributed by atoms with E-state index in [2.05, 4.69) is 30.1 Å². The van der Waals surface area contributed by atoms with Gasteiger partial charge in [0.1, 0.15) is 5.01 Å². The maximum atomic E-state index is 10.0. The highest BCUT2D eigenvalue weighted by Gasteiger charge is 2.10. The Morgan fingerprint density at radius 3 is 2.31 bits per heavy atom. The minimum atomic E-state index is -0.0254. The van der Waals surface area contributed by atoms with E-state index in [1.54, 1.807) is 29.7 Å². The largest absolute Gasteiger partial charge is 0.502 e. The molecule has 0 aliphatic heterocycles. The Morgan fingerprint density at radius 2 is 1.66 bits per heavy atom. The van der Waals surface area contributed by atoms with Crippen LogP contribution >= 0.6 is 11.3 Å². The zero-order valence-electron chi connectivity index (χ0n) is 16.3. The van der Waals surface area contributed by atoms with E-state index in [1.807, 2.05) is 24.3 Å². The lowest BCUT2D eigenvalue weighted by Crippen LogP contribution is -1.92. The molecule has 5 nitrogen and oxygen atoms in total. The third-order valence-electron chi connectivity index (χ3n) is 4.52. The fourth-order valence-corrected chi connectivity index (χ4v) is 4.05. The van der Waals surface area contributed by atoms with Crippen LogP contribution in [0, 0.1) is 6.92 Å². The molecule has 146 valence electrons. The van der Waals surface area contributed by atoms with Crippen LogP contribution in [0.1, 0.15) is 11.1 Å². The van der Waals surface area contributed by atoms with Crippen molar-refractivity contribution >= 4 is 33.5 Å². The van der Waals surface area contributed by atoms with Crippen molar-refractivity contribution in [3.05, 3.63) is 65.7 Å². The molecule has 0 unspecified atom stereocenters. The van der Waals surface area contributed by atoms with E-state index in [-0.39, 0.29) is 5.75 Å². The third kappa shape index (κ3) is 3.93. The quantitative estimate of drug-likeness (QED) is 0.431. The van der Waals surface area contributed by atoms with Crippen molar-refractivity contribution in [1.29, 1.82) is 0 Å². The number of aromatic nitrogens is 1. The highest BCUT2D eigenvalue weighted by atomic mass is 32.1. The van der Waals surface area contributed by atoms with Crippen molar-refractivity contribution in [2.45, 2.75) is 6.92 Å². The van der Waals surface area contributed by atoms with Crippen LogP contribution in [0.15, 0.2) is 59.6 Å². The molecule has 6 heteroatoms. The molecule has 1 N–H and O–H groups in total. The lowest BCUT2D eigenvalue weighted by Gasteiger charge is -2.09. The predicted octanol–water partition coefficient (Wildman–Crippen LogP) is 5.75. The normalized spacial score (nSPS) is 11.3. The zero-order valence-corrected chi connectivity index (χ0v) is 17.2. The second-order valence-corrected chi connectivity index (χ2v) is 7.60. The summed E-state index contributed by atoms with van der Waals surface area (Å²) in [5.41, 5.74) is 4.91. The average Bonchev–Trinajstić information content (AvgIpc) is 3.16. The van der Waals surface area contributed by atoms with Gasteiger partial charge in [-0.05, 0) is 61.0 Å². The molecule has 4 rings (SSSR count). The molecule has 0 fully saturated rings. The lowest BCUT2D eigenvalue weighted by atomic mass is 10.2. The van der Waals surface area contributed by atoms with Crippen LogP contribution in [-0.2, 0) is 0 Å². The number of hydrogen-bond acceptors (Lipinski definition) is 6. The second-order valence-electron chi connectivity index (χ2n) is 6.57. The van der Waals surface area contributed by atoms with E-state index in [1.165, 1.54) is 24.5 Å².